The van der Waals surface area contributed by atoms with E-state index in [1.807, 2.05) is 24.3 Å². The highest BCUT2D eigenvalue weighted by Crippen LogP contribution is 2.29. The number of carboxylic acids is 1. The molecule has 0 saturated carbocycles. The standard InChI is InChI=1S/C17H20N2O2/c1-10(2)13-6-4-5-7-15(13)19-12-8-11(3)16(18)14(9-12)17(20)21/h4-10,19H,18H2,1-3H3,(H,20,21). The summed E-state index contributed by atoms with van der Waals surface area (Å²) < 4.78 is 0. The van der Waals surface area contributed by atoms with E-state index < -0.39 is 5.97 Å². The zero-order chi connectivity index (χ0) is 15.6. The molecule has 0 aliphatic carbocycles. The van der Waals surface area contributed by atoms with Crippen molar-refractivity contribution in [1.82, 2.24) is 0 Å². The summed E-state index contributed by atoms with van der Waals surface area (Å²) in [7, 11) is 0. The minimum atomic E-state index is -1.02. The Balaban J connectivity index is 2.43. The molecule has 0 atom stereocenters. The average molecular weight is 284 g/mol. The van der Waals surface area contributed by atoms with Gasteiger partial charge in [-0.05, 0) is 42.2 Å². The number of rotatable bonds is 4. The van der Waals surface area contributed by atoms with Crippen LogP contribution >= 0.6 is 0 Å². The van der Waals surface area contributed by atoms with Crippen LogP contribution in [0.25, 0.3) is 0 Å². The molecule has 0 aromatic heterocycles. The van der Waals surface area contributed by atoms with E-state index in [1.165, 1.54) is 5.56 Å². The Morgan fingerprint density at radius 1 is 1.24 bits per heavy atom. The molecule has 4 heteroatoms. The fraction of sp³-hybridized carbons (Fsp3) is 0.235. The maximum atomic E-state index is 11.2. The lowest BCUT2D eigenvalue weighted by molar-refractivity contribution is 0.0698. The maximum Gasteiger partial charge on any atom is 0.337 e. The fourth-order valence-corrected chi connectivity index (χ4v) is 2.32. The number of anilines is 3. The van der Waals surface area contributed by atoms with Crippen LogP contribution in [0, 0.1) is 6.92 Å². The van der Waals surface area contributed by atoms with Crippen LogP contribution in [0.1, 0.15) is 41.3 Å². The molecule has 2 aromatic rings. The van der Waals surface area contributed by atoms with Gasteiger partial charge in [0.2, 0.25) is 0 Å². The minimum Gasteiger partial charge on any atom is -0.478 e. The van der Waals surface area contributed by atoms with Crippen molar-refractivity contribution in [3.05, 3.63) is 53.1 Å². The first-order valence-electron chi connectivity index (χ1n) is 6.89. The molecule has 0 saturated heterocycles. The fourth-order valence-electron chi connectivity index (χ4n) is 2.32. The molecule has 21 heavy (non-hydrogen) atoms. The Labute approximate surface area is 124 Å². The number of para-hydroxylation sites is 1. The molecule has 0 spiro atoms. The quantitative estimate of drug-likeness (QED) is 0.737. The van der Waals surface area contributed by atoms with Gasteiger partial charge in [0.1, 0.15) is 0 Å². The van der Waals surface area contributed by atoms with Crippen LogP contribution < -0.4 is 11.1 Å². The molecule has 110 valence electrons. The van der Waals surface area contributed by atoms with Gasteiger partial charge in [-0.25, -0.2) is 4.79 Å². The molecule has 0 radical (unpaired) electrons. The summed E-state index contributed by atoms with van der Waals surface area (Å²) in [4.78, 5) is 11.2. The van der Waals surface area contributed by atoms with Gasteiger partial charge in [0.25, 0.3) is 0 Å². The van der Waals surface area contributed by atoms with E-state index in [4.69, 9.17) is 5.73 Å². The third-order valence-corrected chi connectivity index (χ3v) is 3.48. The number of aryl methyl sites for hydroxylation is 1. The molecule has 0 fully saturated rings. The van der Waals surface area contributed by atoms with Gasteiger partial charge in [0.15, 0.2) is 0 Å². The Morgan fingerprint density at radius 2 is 1.90 bits per heavy atom. The van der Waals surface area contributed by atoms with Crippen LogP contribution in [-0.4, -0.2) is 11.1 Å². The summed E-state index contributed by atoms with van der Waals surface area (Å²) in [5, 5.41) is 12.5. The second-order valence-electron chi connectivity index (χ2n) is 5.43. The van der Waals surface area contributed by atoms with Gasteiger partial charge < -0.3 is 16.2 Å². The van der Waals surface area contributed by atoms with E-state index in [-0.39, 0.29) is 5.56 Å². The normalized spacial score (nSPS) is 10.7. The zero-order valence-electron chi connectivity index (χ0n) is 12.5. The second-order valence-corrected chi connectivity index (χ2v) is 5.43. The number of nitrogens with two attached hydrogens (primary N) is 1. The monoisotopic (exact) mass is 284 g/mol. The number of carbonyl (C=O) groups is 1. The first-order valence-corrected chi connectivity index (χ1v) is 6.89. The molecule has 4 nitrogen and oxygen atoms in total. The van der Waals surface area contributed by atoms with E-state index in [2.05, 4.69) is 25.2 Å². The highest BCUT2D eigenvalue weighted by Gasteiger charge is 2.13. The van der Waals surface area contributed by atoms with Crippen molar-refractivity contribution >= 4 is 23.0 Å². The highest BCUT2D eigenvalue weighted by molar-refractivity contribution is 5.96. The Bertz CT molecular complexity index is 678. The molecule has 0 amide bonds. The van der Waals surface area contributed by atoms with E-state index >= 15 is 0 Å². The third kappa shape index (κ3) is 3.16. The Morgan fingerprint density at radius 3 is 2.52 bits per heavy atom. The lowest BCUT2D eigenvalue weighted by Gasteiger charge is -2.16. The van der Waals surface area contributed by atoms with Crippen molar-refractivity contribution in [3.8, 4) is 0 Å². The molecule has 4 N–H and O–H groups in total. The van der Waals surface area contributed by atoms with E-state index in [1.54, 1.807) is 13.0 Å². The number of aromatic carboxylic acids is 1. The molecule has 2 aromatic carbocycles. The lowest BCUT2D eigenvalue weighted by Crippen LogP contribution is -2.06. The van der Waals surface area contributed by atoms with Crippen LogP contribution in [0.15, 0.2) is 36.4 Å². The molecule has 0 aliphatic heterocycles. The van der Waals surface area contributed by atoms with Gasteiger partial charge in [-0.15, -0.1) is 0 Å². The molecule has 0 aliphatic rings. The van der Waals surface area contributed by atoms with E-state index in [9.17, 15) is 9.90 Å². The van der Waals surface area contributed by atoms with E-state index in [0.717, 1.165) is 16.9 Å². The lowest BCUT2D eigenvalue weighted by atomic mass is 10.0. The number of nitrogens with one attached hydrogen (secondary N) is 1. The number of benzene rings is 2. The summed E-state index contributed by atoms with van der Waals surface area (Å²) in [5.74, 6) is -0.640. The van der Waals surface area contributed by atoms with Crippen LogP contribution in [0.3, 0.4) is 0 Å². The van der Waals surface area contributed by atoms with Gasteiger partial charge >= 0.3 is 5.97 Å². The maximum absolute atomic E-state index is 11.2. The van der Waals surface area contributed by atoms with Gasteiger partial charge in [0.05, 0.1) is 5.56 Å². The summed E-state index contributed by atoms with van der Waals surface area (Å²) in [6, 6.07) is 11.4. The summed E-state index contributed by atoms with van der Waals surface area (Å²) >= 11 is 0. The number of hydrogen-bond donors (Lipinski definition) is 3. The average Bonchev–Trinajstić information content (AvgIpc) is 2.42. The molecular weight excluding hydrogens is 264 g/mol. The van der Waals surface area contributed by atoms with Crippen LogP contribution in [0.4, 0.5) is 17.1 Å². The van der Waals surface area contributed by atoms with Crippen LogP contribution in [0.2, 0.25) is 0 Å². The van der Waals surface area contributed by atoms with Crippen molar-refractivity contribution in [1.29, 1.82) is 0 Å². The van der Waals surface area contributed by atoms with Gasteiger partial charge in [-0.3, -0.25) is 0 Å². The zero-order valence-corrected chi connectivity index (χ0v) is 12.5. The summed E-state index contributed by atoms with van der Waals surface area (Å²) in [6.45, 7) is 6.05. The smallest absolute Gasteiger partial charge is 0.337 e. The number of carboxylic acid groups (broad SMARTS) is 1. The largest absolute Gasteiger partial charge is 0.478 e. The topological polar surface area (TPSA) is 75.3 Å². The van der Waals surface area contributed by atoms with Crippen LogP contribution in [0.5, 0.6) is 0 Å². The summed E-state index contributed by atoms with van der Waals surface area (Å²) in [6.07, 6.45) is 0. The summed E-state index contributed by atoms with van der Waals surface area (Å²) in [5.41, 5.74) is 9.89. The van der Waals surface area contributed by atoms with Crippen molar-refractivity contribution < 1.29 is 9.90 Å². The SMILES string of the molecule is Cc1cc(Nc2ccccc2C(C)C)cc(C(=O)O)c1N. The molecule has 2 rings (SSSR count). The van der Waals surface area contributed by atoms with Crippen molar-refractivity contribution in [3.63, 3.8) is 0 Å². The van der Waals surface area contributed by atoms with Gasteiger partial charge in [-0.2, -0.15) is 0 Å². The number of hydrogen-bond acceptors (Lipinski definition) is 3. The van der Waals surface area contributed by atoms with E-state index in [0.29, 0.717) is 11.6 Å². The van der Waals surface area contributed by atoms with Crippen LogP contribution in [-0.2, 0) is 0 Å². The Kier molecular flexibility index (Phi) is 4.17. The first kappa shape index (κ1) is 14.9. The second kappa shape index (κ2) is 5.87. The van der Waals surface area contributed by atoms with Crippen molar-refractivity contribution in [2.45, 2.75) is 26.7 Å². The number of nitrogen functional groups attached to an aromatic ring is 1. The molecule has 0 bridgehead atoms. The molecular formula is C17H20N2O2. The predicted octanol–water partition coefficient (Wildman–Crippen LogP) is 4.14. The highest BCUT2D eigenvalue weighted by atomic mass is 16.4. The van der Waals surface area contributed by atoms with Gasteiger partial charge in [0, 0.05) is 17.1 Å². The molecule has 0 unspecified atom stereocenters. The van der Waals surface area contributed by atoms with Gasteiger partial charge in [-0.1, -0.05) is 32.0 Å². The van der Waals surface area contributed by atoms with Crippen molar-refractivity contribution in [2.75, 3.05) is 11.1 Å². The molecule has 0 heterocycles. The minimum absolute atomic E-state index is 0.125. The predicted molar refractivity (Wildman–Crippen MR) is 86.4 cm³/mol. The Hall–Kier alpha value is -2.49. The first-order chi connectivity index (χ1) is 9.90. The van der Waals surface area contributed by atoms with Crippen molar-refractivity contribution in [2.24, 2.45) is 0 Å². The third-order valence-electron chi connectivity index (χ3n) is 3.48.